The number of benzene rings is 1. The van der Waals surface area contributed by atoms with Crippen molar-refractivity contribution >= 4 is 63.9 Å². The van der Waals surface area contributed by atoms with Crippen molar-refractivity contribution in [3.8, 4) is 5.75 Å². The van der Waals surface area contributed by atoms with E-state index in [0.717, 1.165) is 11.3 Å². The minimum atomic E-state index is -0.370. The average molecular weight is 512 g/mol. The highest BCUT2D eigenvalue weighted by molar-refractivity contribution is 6.55. The van der Waals surface area contributed by atoms with Crippen molar-refractivity contribution in [2.45, 2.75) is 26.5 Å². The summed E-state index contributed by atoms with van der Waals surface area (Å²) in [5.74, 6) is 0.206. The van der Waals surface area contributed by atoms with Crippen molar-refractivity contribution in [1.82, 2.24) is 15.1 Å². The lowest BCUT2D eigenvalue weighted by Gasteiger charge is -2.13. The molecule has 11 heteroatoms. The summed E-state index contributed by atoms with van der Waals surface area (Å²) in [5.41, 5.74) is 1.88. The van der Waals surface area contributed by atoms with E-state index < -0.39 is 0 Å². The normalized spacial score (nSPS) is 12.1. The Hall–Kier alpha value is -1.57. The van der Waals surface area contributed by atoms with Crippen LogP contribution in [0.3, 0.4) is 0 Å². The summed E-state index contributed by atoms with van der Waals surface area (Å²) in [4.78, 5) is 12.5. The molecule has 0 aliphatic heterocycles. The van der Waals surface area contributed by atoms with E-state index in [2.05, 4.69) is 10.4 Å². The first kappa shape index (κ1) is 23.1. The monoisotopic (exact) mass is 509 g/mol. The SMILES string of the molecule is Cc1c(C(C)NC(=O)c2ccc(COc3c(Cl)c(Cl)c(Cl)c(Cl)c3Cl)o2)cnn1C. The molecule has 6 nitrogen and oxygen atoms in total. The number of carbonyl (C=O) groups is 1. The second-order valence-corrected chi connectivity index (χ2v) is 8.35. The Morgan fingerprint density at radius 1 is 1.13 bits per heavy atom. The molecule has 1 amide bonds. The third kappa shape index (κ3) is 4.53. The van der Waals surface area contributed by atoms with Gasteiger partial charge >= 0.3 is 0 Å². The molecule has 0 fully saturated rings. The minimum absolute atomic E-state index is 0.0289. The lowest BCUT2D eigenvalue weighted by Crippen LogP contribution is -2.26. The number of nitrogens with one attached hydrogen (secondary N) is 1. The second-order valence-electron chi connectivity index (χ2n) is 6.46. The maximum Gasteiger partial charge on any atom is 0.287 e. The van der Waals surface area contributed by atoms with Crippen LogP contribution < -0.4 is 10.1 Å². The van der Waals surface area contributed by atoms with Gasteiger partial charge in [-0.3, -0.25) is 9.48 Å². The fourth-order valence-corrected chi connectivity index (χ4v) is 3.95. The zero-order valence-electron chi connectivity index (χ0n) is 16.0. The van der Waals surface area contributed by atoms with Crippen LogP contribution in [0.5, 0.6) is 5.75 Å². The third-order valence-corrected chi connectivity index (χ3v) is 6.74. The van der Waals surface area contributed by atoms with E-state index in [4.69, 9.17) is 67.2 Å². The first-order valence-electron chi connectivity index (χ1n) is 8.64. The predicted molar refractivity (Wildman–Crippen MR) is 118 cm³/mol. The molecule has 0 saturated carbocycles. The average Bonchev–Trinajstić information content (AvgIpc) is 3.32. The molecule has 0 saturated heterocycles. The molecule has 0 aliphatic carbocycles. The van der Waals surface area contributed by atoms with Gasteiger partial charge in [-0.25, -0.2) is 0 Å². The fourth-order valence-electron chi connectivity index (χ4n) is 2.72. The molecule has 1 aromatic carbocycles. The first-order chi connectivity index (χ1) is 14.1. The number of amides is 1. The van der Waals surface area contributed by atoms with E-state index in [1.807, 2.05) is 20.9 Å². The number of carbonyl (C=O) groups excluding carboxylic acids is 1. The van der Waals surface area contributed by atoms with Gasteiger partial charge in [0.1, 0.15) is 22.4 Å². The fraction of sp³-hybridized carbons (Fsp3) is 0.263. The number of furan rings is 1. The summed E-state index contributed by atoms with van der Waals surface area (Å²) >= 11 is 30.3. The number of hydrogen-bond donors (Lipinski definition) is 1. The van der Waals surface area contributed by atoms with Gasteiger partial charge in [0.15, 0.2) is 11.5 Å². The van der Waals surface area contributed by atoms with Crippen molar-refractivity contribution in [2.75, 3.05) is 0 Å². The van der Waals surface area contributed by atoms with Crippen LogP contribution in [0, 0.1) is 6.92 Å². The van der Waals surface area contributed by atoms with Crippen molar-refractivity contribution < 1.29 is 13.9 Å². The molecule has 3 rings (SSSR count). The van der Waals surface area contributed by atoms with E-state index in [1.54, 1.807) is 23.0 Å². The van der Waals surface area contributed by atoms with Gasteiger partial charge in [-0.1, -0.05) is 58.0 Å². The largest absolute Gasteiger partial charge is 0.482 e. The van der Waals surface area contributed by atoms with Crippen molar-refractivity contribution in [1.29, 1.82) is 0 Å². The van der Waals surface area contributed by atoms with Gasteiger partial charge in [0.25, 0.3) is 5.91 Å². The van der Waals surface area contributed by atoms with E-state index in [-0.39, 0.29) is 55.2 Å². The standard InChI is InChI=1S/C19H16Cl5N3O3/c1-8(11-6-25-27(3)9(11)2)26-19(28)12-5-4-10(30-12)7-29-18-16(23)14(21)13(20)15(22)17(18)24/h4-6,8H,7H2,1-3H3,(H,26,28). The van der Waals surface area contributed by atoms with Crippen molar-refractivity contribution in [3.05, 3.63) is 66.2 Å². The maximum absolute atomic E-state index is 12.5. The number of ether oxygens (including phenoxy) is 1. The van der Waals surface area contributed by atoms with E-state index in [1.165, 1.54) is 0 Å². The maximum atomic E-state index is 12.5. The zero-order chi connectivity index (χ0) is 22.2. The summed E-state index contributed by atoms with van der Waals surface area (Å²) in [7, 11) is 1.84. The van der Waals surface area contributed by atoms with Crippen LogP contribution in [-0.4, -0.2) is 15.7 Å². The van der Waals surface area contributed by atoms with Crippen LogP contribution >= 0.6 is 58.0 Å². The highest BCUT2D eigenvalue weighted by atomic mass is 35.5. The molecule has 1 unspecified atom stereocenters. The molecular formula is C19H16Cl5N3O3. The van der Waals surface area contributed by atoms with Gasteiger partial charge in [0.05, 0.1) is 27.3 Å². The Morgan fingerprint density at radius 2 is 1.73 bits per heavy atom. The Bertz CT molecular complexity index is 1080. The summed E-state index contributed by atoms with van der Waals surface area (Å²) in [6, 6.07) is 2.91. The number of nitrogens with zero attached hydrogens (tertiary/aromatic N) is 2. The molecule has 1 atom stereocenters. The Kier molecular flexibility index (Phi) is 7.15. The topological polar surface area (TPSA) is 69.3 Å². The van der Waals surface area contributed by atoms with Gasteiger partial charge in [-0.05, 0) is 26.0 Å². The minimum Gasteiger partial charge on any atom is -0.482 e. The van der Waals surface area contributed by atoms with E-state index in [9.17, 15) is 4.79 Å². The van der Waals surface area contributed by atoms with Crippen molar-refractivity contribution in [3.63, 3.8) is 0 Å². The Labute approximate surface area is 197 Å². The number of aromatic nitrogens is 2. The number of aryl methyl sites for hydroxylation is 1. The van der Waals surface area contributed by atoms with Crippen LogP contribution in [0.25, 0.3) is 0 Å². The quantitative estimate of drug-likeness (QED) is 0.297. The third-order valence-electron chi connectivity index (χ3n) is 4.50. The van der Waals surface area contributed by atoms with Crippen LogP contribution in [0.2, 0.25) is 25.1 Å². The molecule has 160 valence electrons. The highest BCUT2D eigenvalue weighted by Crippen LogP contribution is 2.48. The summed E-state index contributed by atoms with van der Waals surface area (Å²) < 4.78 is 12.9. The molecule has 30 heavy (non-hydrogen) atoms. The lowest BCUT2D eigenvalue weighted by molar-refractivity contribution is 0.0907. The first-order valence-corrected chi connectivity index (χ1v) is 10.5. The Morgan fingerprint density at radius 3 is 2.30 bits per heavy atom. The second kappa shape index (κ2) is 9.28. The zero-order valence-corrected chi connectivity index (χ0v) is 19.8. The molecule has 0 aliphatic rings. The van der Waals surface area contributed by atoms with Gasteiger partial charge in [0.2, 0.25) is 0 Å². The number of halogens is 5. The summed E-state index contributed by atoms with van der Waals surface area (Å²) in [6.07, 6.45) is 1.72. The molecule has 2 heterocycles. The van der Waals surface area contributed by atoms with Crippen LogP contribution in [0.15, 0.2) is 22.7 Å². The van der Waals surface area contributed by atoms with Gasteiger partial charge in [-0.2, -0.15) is 5.10 Å². The molecule has 0 radical (unpaired) electrons. The molecule has 0 bridgehead atoms. The van der Waals surface area contributed by atoms with Gasteiger partial charge < -0.3 is 14.5 Å². The summed E-state index contributed by atoms with van der Waals surface area (Å²) in [6.45, 7) is 3.74. The smallest absolute Gasteiger partial charge is 0.287 e. The lowest BCUT2D eigenvalue weighted by atomic mass is 10.1. The highest BCUT2D eigenvalue weighted by Gasteiger charge is 2.22. The summed E-state index contributed by atoms with van der Waals surface area (Å²) in [5, 5.41) is 7.21. The van der Waals surface area contributed by atoms with Crippen LogP contribution in [0.1, 0.15) is 40.5 Å². The van der Waals surface area contributed by atoms with E-state index in [0.29, 0.717) is 5.76 Å². The molecular weight excluding hydrogens is 495 g/mol. The van der Waals surface area contributed by atoms with Crippen LogP contribution in [-0.2, 0) is 13.7 Å². The van der Waals surface area contributed by atoms with E-state index >= 15 is 0 Å². The molecule has 1 N–H and O–H groups in total. The molecule has 3 aromatic rings. The van der Waals surface area contributed by atoms with Gasteiger partial charge in [0, 0.05) is 18.3 Å². The molecule has 2 aromatic heterocycles. The van der Waals surface area contributed by atoms with Crippen molar-refractivity contribution in [2.24, 2.45) is 7.05 Å². The predicted octanol–water partition coefficient (Wildman–Crippen LogP) is 6.66. The molecule has 0 spiro atoms. The van der Waals surface area contributed by atoms with Crippen LogP contribution in [0.4, 0.5) is 0 Å². The Balaban J connectivity index is 1.69. The number of rotatable bonds is 6. The van der Waals surface area contributed by atoms with Gasteiger partial charge in [-0.15, -0.1) is 0 Å². The number of hydrogen-bond acceptors (Lipinski definition) is 4.